The van der Waals surface area contributed by atoms with Crippen LogP contribution < -0.4 is 9.80 Å². The highest BCUT2D eigenvalue weighted by Gasteiger charge is 2.52. The van der Waals surface area contributed by atoms with Crippen LogP contribution in [0.4, 0.5) is 34.1 Å². The van der Waals surface area contributed by atoms with E-state index in [2.05, 4.69) is 544 Å². The third kappa shape index (κ3) is 14.3. The minimum absolute atomic E-state index is 0.405. The van der Waals surface area contributed by atoms with Gasteiger partial charge in [0, 0.05) is 39.3 Å². The van der Waals surface area contributed by atoms with Crippen molar-refractivity contribution < 1.29 is 0 Å². The highest BCUT2D eigenvalue weighted by Crippen LogP contribution is 2.65. The highest BCUT2D eigenvalue weighted by atomic mass is 15.2. The number of benzene rings is 21. The number of hydrogen-bond acceptors (Lipinski definition) is 2. The van der Waals surface area contributed by atoms with Crippen molar-refractivity contribution in [3.05, 3.63) is 567 Å². The van der Waals surface area contributed by atoms with E-state index in [1.165, 1.54) is 178 Å². The zero-order valence-electron chi connectivity index (χ0n) is 72.6. The van der Waals surface area contributed by atoms with Crippen LogP contribution in [0.25, 0.3) is 145 Å². The van der Waals surface area contributed by atoms with Crippen LogP contribution in [-0.2, 0) is 10.8 Å². The van der Waals surface area contributed by atoms with Gasteiger partial charge in [-0.15, -0.1) is 0 Å². The van der Waals surface area contributed by atoms with E-state index in [1.807, 2.05) is 0 Å². The van der Waals surface area contributed by atoms with Gasteiger partial charge < -0.3 is 9.80 Å². The van der Waals surface area contributed by atoms with E-state index < -0.39 is 10.8 Å². The lowest BCUT2D eigenvalue weighted by molar-refractivity contribution is 0.714. The number of rotatable bonds is 17. The summed E-state index contributed by atoms with van der Waals surface area (Å²) >= 11 is 0. The van der Waals surface area contributed by atoms with E-state index in [0.29, 0.717) is 0 Å². The van der Waals surface area contributed by atoms with E-state index in [4.69, 9.17) is 0 Å². The molecule has 3 aliphatic carbocycles. The Bertz CT molecular complexity index is 7690. The van der Waals surface area contributed by atoms with Gasteiger partial charge in [-0.25, -0.2) is 0 Å². The van der Waals surface area contributed by atoms with Gasteiger partial charge >= 0.3 is 0 Å². The first-order chi connectivity index (χ1) is 64.8. The van der Waals surface area contributed by atoms with Crippen LogP contribution in [0.5, 0.6) is 0 Å². The first kappa shape index (κ1) is 78.9. The second-order valence-electron chi connectivity index (χ2n) is 34.6. The molecule has 0 saturated heterocycles. The molecule has 131 heavy (non-hydrogen) atoms. The van der Waals surface area contributed by atoms with Crippen LogP contribution in [0.3, 0.4) is 0 Å². The molecule has 1 atom stereocenters. The number of hydrogen-bond donors (Lipinski definition) is 0. The highest BCUT2D eigenvalue weighted by molar-refractivity contribution is 6.00. The Hall–Kier alpha value is -16.8. The van der Waals surface area contributed by atoms with Gasteiger partial charge in [0.1, 0.15) is 0 Å². The van der Waals surface area contributed by atoms with E-state index >= 15 is 0 Å². The largest absolute Gasteiger partial charge is 0.310 e. The molecular weight excluding hydrogens is 1580 g/mol. The number of anilines is 6. The Kier molecular flexibility index (Phi) is 20.4. The molecule has 0 amide bonds. The van der Waals surface area contributed by atoms with Gasteiger partial charge in [0.2, 0.25) is 0 Å². The van der Waals surface area contributed by atoms with Crippen molar-refractivity contribution >= 4 is 34.1 Å². The molecule has 1 spiro atoms. The lowest BCUT2D eigenvalue weighted by atomic mass is 9.70. The van der Waals surface area contributed by atoms with Crippen LogP contribution in [0.1, 0.15) is 45.9 Å². The van der Waals surface area contributed by atoms with Crippen molar-refractivity contribution in [1.29, 1.82) is 0 Å². The van der Waals surface area contributed by atoms with E-state index in [0.717, 1.165) is 39.7 Å². The Balaban J connectivity index is 0.000000149. The van der Waals surface area contributed by atoms with Crippen molar-refractivity contribution in [2.45, 2.75) is 17.8 Å². The maximum atomic E-state index is 2.50. The summed E-state index contributed by atoms with van der Waals surface area (Å²) in [6.45, 7) is 2.42. The molecule has 0 saturated carbocycles. The fraction of sp³-hybridized carbons (Fsp3) is 0.0233. The van der Waals surface area contributed by atoms with Crippen molar-refractivity contribution in [3.63, 3.8) is 0 Å². The van der Waals surface area contributed by atoms with Crippen molar-refractivity contribution in [1.82, 2.24) is 0 Å². The summed E-state index contributed by atoms with van der Waals surface area (Å²) in [7, 11) is 0. The first-order valence-electron chi connectivity index (χ1n) is 45.4. The standard InChI is InChI=1S/C67H45N.C62H45N/c1-4-16-46(17-5-1)49-28-30-52(31-29-49)54-38-42-60-61-43-41-56(45-65(61)67(64(60)44-54)62-25-13-10-23-58(62)59-24-11-14-26-63(59)67)68(55-39-36-51(37-40-55)48-20-8-3-9-21-48)66-27-15-12-22-57(66)53-34-32-50(33-35-53)47-18-6-2-7-19-47;1-62(53-22-12-5-13-23-53)59-42-52(50-28-26-47(27-29-50)44-16-6-2-7-17-44)36-40-57(59)58-41-39-55(43-60(58)62)63(54-37-34-49(35-38-54)46-20-10-4-11-21-46)61-25-15-14-24-56(61)51-32-30-48(31-33-51)45-18-8-3-9-19-45/h1-45H;2-43H,1H3. The van der Waals surface area contributed by atoms with Crippen LogP contribution in [-0.4, -0.2) is 0 Å². The monoisotopic (exact) mass is 1670 g/mol. The summed E-state index contributed by atoms with van der Waals surface area (Å²) in [5.74, 6) is 0. The SMILES string of the molecule is CC1(c2ccccc2)c2cc(-c3ccc(-c4ccccc4)cc3)ccc2-c2ccc(N(c3ccc(-c4ccccc4)cc3)c3ccccc3-c3ccc(-c4ccccc4)cc3)cc21.c1ccc(-c2ccc(-c3ccc4c(c3)C3(c5ccccc5-c5ccccc53)c3cc(N(c5ccc(-c6ccccc6)cc5)c5ccccc5-c5ccc(-c6ccccc6)cc5)ccc3-4)cc2)cc1. The molecule has 0 bridgehead atoms. The Morgan fingerprint density at radius 2 is 0.344 bits per heavy atom. The average molecular weight is 1670 g/mol. The van der Waals surface area contributed by atoms with Crippen molar-refractivity contribution in [2.24, 2.45) is 0 Å². The quantitative estimate of drug-likeness (QED) is 0.0896. The van der Waals surface area contributed by atoms with Gasteiger partial charge in [-0.2, -0.15) is 0 Å². The summed E-state index contributed by atoms with van der Waals surface area (Å²) in [4.78, 5) is 4.92. The van der Waals surface area contributed by atoms with Gasteiger partial charge in [0.25, 0.3) is 0 Å². The molecule has 2 nitrogen and oxygen atoms in total. The van der Waals surface area contributed by atoms with Gasteiger partial charge in [0.15, 0.2) is 0 Å². The Labute approximate surface area is 767 Å². The van der Waals surface area contributed by atoms with Crippen LogP contribution in [0.15, 0.2) is 528 Å². The maximum absolute atomic E-state index is 2.50. The molecule has 0 aliphatic heterocycles. The molecule has 2 heteroatoms. The van der Waals surface area contributed by atoms with E-state index in [9.17, 15) is 0 Å². The minimum Gasteiger partial charge on any atom is -0.310 e. The Morgan fingerprint density at radius 3 is 0.687 bits per heavy atom. The molecule has 21 aromatic carbocycles. The fourth-order valence-electron chi connectivity index (χ4n) is 20.8. The number of nitrogens with zero attached hydrogens (tertiary/aromatic N) is 2. The smallest absolute Gasteiger partial charge is 0.0726 e. The van der Waals surface area contributed by atoms with E-state index in [-0.39, 0.29) is 0 Å². The molecule has 0 aromatic heterocycles. The molecule has 0 fully saturated rings. The Morgan fingerprint density at radius 1 is 0.137 bits per heavy atom. The van der Waals surface area contributed by atoms with Gasteiger partial charge in [-0.1, -0.05) is 455 Å². The predicted molar refractivity (Wildman–Crippen MR) is 550 cm³/mol. The number of fused-ring (bicyclic) bond motifs is 13. The molecule has 0 radical (unpaired) electrons. The van der Waals surface area contributed by atoms with Gasteiger partial charge in [-0.05, 0) is 252 Å². The molecule has 3 aliphatic rings. The van der Waals surface area contributed by atoms with Crippen molar-refractivity contribution in [2.75, 3.05) is 9.80 Å². The normalized spacial score (nSPS) is 13.2. The summed E-state index contributed by atoms with van der Waals surface area (Å²) in [6.07, 6.45) is 0. The number of para-hydroxylation sites is 2. The van der Waals surface area contributed by atoms with Crippen LogP contribution in [0.2, 0.25) is 0 Å². The minimum atomic E-state index is -0.538. The molecule has 0 N–H and O–H groups in total. The fourth-order valence-corrected chi connectivity index (χ4v) is 20.8. The van der Waals surface area contributed by atoms with Crippen LogP contribution >= 0.6 is 0 Å². The second-order valence-corrected chi connectivity index (χ2v) is 34.6. The first-order valence-corrected chi connectivity index (χ1v) is 45.4. The van der Waals surface area contributed by atoms with Gasteiger partial charge in [-0.3, -0.25) is 0 Å². The summed E-state index contributed by atoms with van der Waals surface area (Å²) in [5, 5.41) is 0. The topological polar surface area (TPSA) is 6.48 Å². The van der Waals surface area contributed by atoms with E-state index in [1.54, 1.807) is 0 Å². The lowest BCUT2D eigenvalue weighted by Gasteiger charge is -2.33. The molecule has 24 rings (SSSR count). The summed E-state index contributed by atoms with van der Waals surface area (Å²) < 4.78 is 0. The summed E-state index contributed by atoms with van der Waals surface area (Å²) in [5.41, 5.74) is 46.6. The molecule has 0 heterocycles. The van der Waals surface area contributed by atoms with Crippen molar-refractivity contribution in [3.8, 4) is 145 Å². The molecular formula is C129H90N2. The van der Waals surface area contributed by atoms with Gasteiger partial charge in [0.05, 0.1) is 16.8 Å². The molecule has 1 unspecified atom stereocenters. The molecule has 616 valence electrons. The third-order valence-corrected chi connectivity index (χ3v) is 27.3. The zero-order valence-corrected chi connectivity index (χ0v) is 72.6. The zero-order chi connectivity index (χ0) is 87.2. The van der Waals surface area contributed by atoms with Crippen LogP contribution in [0, 0.1) is 0 Å². The lowest BCUT2D eigenvalue weighted by Crippen LogP contribution is -2.26. The summed E-state index contributed by atoms with van der Waals surface area (Å²) in [6, 6.07) is 194. The average Bonchev–Trinajstić information content (AvgIpc) is 1.50. The predicted octanol–water partition coefficient (Wildman–Crippen LogP) is 34.7. The molecule has 21 aromatic rings. The maximum Gasteiger partial charge on any atom is 0.0726 e. The third-order valence-electron chi connectivity index (χ3n) is 27.3. The second kappa shape index (κ2) is 33.9.